The predicted octanol–water partition coefficient (Wildman–Crippen LogP) is 3.77. The molecule has 1 aliphatic heterocycles. The molecule has 4 rings (SSSR count). The van der Waals surface area contributed by atoms with Gasteiger partial charge in [-0.25, -0.2) is 15.0 Å². The van der Waals surface area contributed by atoms with Gasteiger partial charge in [0.2, 0.25) is 5.96 Å². The van der Waals surface area contributed by atoms with Gasteiger partial charge in [-0.1, -0.05) is 29.3 Å². The van der Waals surface area contributed by atoms with Crippen molar-refractivity contribution in [2.75, 3.05) is 23.3 Å². The highest BCUT2D eigenvalue weighted by atomic mass is 35.5. The van der Waals surface area contributed by atoms with Gasteiger partial charge in [-0.05, 0) is 31.0 Å². The number of piperidine rings is 1. The summed E-state index contributed by atoms with van der Waals surface area (Å²) in [4.78, 5) is 18.7. The van der Waals surface area contributed by atoms with Crippen LogP contribution in [0.1, 0.15) is 12.8 Å². The molecule has 3 heterocycles. The largest absolute Gasteiger partial charge is 0.354 e. The second-order valence-electron chi connectivity index (χ2n) is 6.62. The van der Waals surface area contributed by atoms with Crippen molar-refractivity contribution in [3.63, 3.8) is 0 Å². The van der Waals surface area contributed by atoms with Crippen LogP contribution in [0.4, 0.5) is 11.5 Å². The van der Waals surface area contributed by atoms with Gasteiger partial charge in [-0.15, -0.1) is 0 Å². The first-order valence-electron chi connectivity index (χ1n) is 9.12. The van der Waals surface area contributed by atoms with Crippen LogP contribution < -0.4 is 15.5 Å². The van der Waals surface area contributed by atoms with Crippen molar-refractivity contribution in [1.29, 1.82) is 5.26 Å². The Morgan fingerprint density at radius 3 is 2.90 bits per heavy atom. The monoisotopic (exact) mass is 428 g/mol. The number of anilines is 2. The van der Waals surface area contributed by atoms with Crippen LogP contribution in [-0.4, -0.2) is 40.0 Å². The molecule has 8 nitrogen and oxygen atoms in total. The maximum atomic E-state index is 9.13. The van der Waals surface area contributed by atoms with Crippen molar-refractivity contribution in [3.05, 3.63) is 46.8 Å². The van der Waals surface area contributed by atoms with Gasteiger partial charge in [0.05, 0.1) is 27.2 Å². The smallest absolute Gasteiger partial charge is 0.209 e. The number of nitrogens with zero attached hydrogens (tertiary/aromatic N) is 5. The summed E-state index contributed by atoms with van der Waals surface area (Å²) in [6.07, 6.45) is 7.18. The predicted molar refractivity (Wildman–Crippen MR) is 115 cm³/mol. The lowest BCUT2D eigenvalue weighted by Crippen LogP contribution is -2.40. The van der Waals surface area contributed by atoms with E-state index in [0.717, 1.165) is 36.2 Å². The van der Waals surface area contributed by atoms with E-state index in [1.165, 1.54) is 0 Å². The third-order valence-electron chi connectivity index (χ3n) is 4.72. The summed E-state index contributed by atoms with van der Waals surface area (Å²) in [6.45, 7) is 1.56. The normalized spacial score (nSPS) is 17.2. The van der Waals surface area contributed by atoms with Crippen LogP contribution in [0.15, 0.2) is 41.8 Å². The average molecular weight is 429 g/mol. The molecular weight excluding hydrogens is 411 g/mol. The molecule has 3 aromatic rings. The third kappa shape index (κ3) is 4.21. The first-order valence-corrected chi connectivity index (χ1v) is 9.88. The molecule has 0 amide bonds. The van der Waals surface area contributed by atoms with Gasteiger partial charge in [-0.3, -0.25) is 5.32 Å². The fraction of sp³-hybridized carbons (Fsp3) is 0.263. The van der Waals surface area contributed by atoms with E-state index in [2.05, 4.69) is 30.5 Å². The van der Waals surface area contributed by atoms with Crippen LogP contribution in [0.25, 0.3) is 11.0 Å². The molecule has 1 unspecified atom stereocenters. The molecule has 1 aliphatic rings. The van der Waals surface area contributed by atoms with Gasteiger partial charge in [0, 0.05) is 19.3 Å². The number of aromatic amines is 1. The second-order valence-corrected chi connectivity index (χ2v) is 7.43. The number of hydrogen-bond donors (Lipinski definition) is 3. The van der Waals surface area contributed by atoms with E-state index in [9.17, 15) is 0 Å². The molecular formula is C19H18Cl2N8. The number of para-hydroxylation sites is 1. The number of benzene rings is 1. The summed E-state index contributed by atoms with van der Waals surface area (Å²) in [7, 11) is 0. The molecule has 10 heteroatoms. The maximum Gasteiger partial charge on any atom is 0.209 e. The number of guanidine groups is 1. The number of aromatic nitrogens is 3. The number of halogens is 2. The lowest BCUT2D eigenvalue weighted by molar-refractivity contribution is 0.505. The van der Waals surface area contributed by atoms with E-state index in [1.54, 1.807) is 24.5 Å². The van der Waals surface area contributed by atoms with Crippen molar-refractivity contribution < 1.29 is 0 Å². The Kier molecular flexibility index (Phi) is 5.69. The summed E-state index contributed by atoms with van der Waals surface area (Å²) in [5.41, 5.74) is 1.32. The number of rotatable bonds is 3. The third-order valence-corrected chi connectivity index (χ3v) is 5.35. The molecule has 0 saturated carbocycles. The quantitative estimate of drug-likeness (QED) is 0.253. The minimum absolute atomic E-state index is 0.0303. The molecule has 1 saturated heterocycles. The van der Waals surface area contributed by atoms with Crippen LogP contribution in [-0.2, 0) is 0 Å². The van der Waals surface area contributed by atoms with Crippen LogP contribution in [0, 0.1) is 11.5 Å². The van der Waals surface area contributed by atoms with E-state index >= 15 is 0 Å². The van der Waals surface area contributed by atoms with E-state index in [4.69, 9.17) is 33.5 Å². The van der Waals surface area contributed by atoms with Crippen LogP contribution >= 0.6 is 23.2 Å². The molecule has 148 valence electrons. The van der Waals surface area contributed by atoms with Crippen molar-refractivity contribution in [2.24, 2.45) is 4.99 Å². The summed E-state index contributed by atoms with van der Waals surface area (Å²) in [5.74, 6) is 1.19. The Morgan fingerprint density at radius 1 is 1.28 bits per heavy atom. The Bertz CT molecular complexity index is 1070. The molecule has 1 aromatic carbocycles. The van der Waals surface area contributed by atoms with E-state index in [1.807, 2.05) is 18.5 Å². The van der Waals surface area contributed by atoms with Crippen molar-refractivity contribution in [3.8, 4) is 6.19 Å². The van der Waals surface area contributed by atoms with Gasteiger partial charge in [0.15, 0.2) is 6.19 Å². The number of hydrogen-bond acceptors (Lipinski definition) is 5. The zero-order valence-corrected chi connectivity index (χ0v) is 16.9. The highest BCUT2D eigenvalue weighted by Gasteiger charge is 2.23. The summed E-state index contributed by atoms with van der Waals surface area (Å²) < 4.78 is 0. The van der Waals surface area contributed by atoms with Gasteiger partial charge >= 0.3 is 0 Å². The molecule has 0 aliphatic carbocycles. The fourth-order valence-corrected chi connectivity index (χ4v) is 3.92. The van der Waals surface area contributed by atoms with Crippen molar-refractivity contribution in [2.45, 2.75) is 18.9 Å². The van der Waals surface area contributed by atoms with Crippen molar-refractivity contribution >= 4 is 51.7 Å². The van der Waals surface area contributed by atoms with Crippen LogP contribution in [0.3, 0.4) is 0 Å². The molecule has 1 fully saturated rings. The zero-order chi connectivity index (χ0) is 20.2. The highest BCUT2D eigenvalue weighted by molar-refractivity contribution is 6.39. The number of H-pyrrole nitrogens is 1. The van der Waals surface area contributed by atoms with Crippen molar-refractivity contribution in [1.82, 2.24) is 20.3 Å². The number of aliphatic imine (C=N–C) groups is 1. The second kappa shape index (κ2) is 8.55. The van der Waals surface area contributed by atoms with Crippen LogP contribution in [0.5, 0.6) is 0 Å². The molecule has 2 aromatic heterocycles. The SMILES string of the molecule is N#CNC(=NC1CCCN(c2ncnc3[nH]ccc23)C1)Nc1c(Cl)cccc1Cl. The maximum absolute atomic E-state index is 9.13. The first kappa shape index (κ1) is 19.3. The minimum Gasteiger partial charge on any atom is -0.354 e. The van der Waals surface area contributed by atoms with Gasteiger partial charge < -0.3 is 15.2 Å². The summed E-state index contributed by atoms with van der Waals surface area (Å²) >= 11 is 12.5. The molecule has 3 N–H and O–H groups in total. The Labute approximate surface area is 177 Å². The van der Waals surface area contributed by atoms with E-state index in [0.29, 0.717) is 28.2 Å². The minimum atomic E-state index is -0.0303. The van der Waals surface area contributed by atoms with Gasteiger partial charge in [-0.2, -0.15) is 5.26 Å². The topological polar surface area (TPSA) is 105 Å². The molecule has 29 heavy (non-hydrogen) atoms. The standard InChI is InChI=1S/C19H18Cl2N8/c20-14-4-1-5-15(21)16(14)28-19(24-10-22)27-12-3-2-8-29(9-12)18-13-6-7-23-17(13)25-11-26-18/h1,4-7,11-12H,2-3,8-9H2,(H,23,25,26)(H2,24,27,28). The summed E-state index contributed by atoms with van der Waals surface area (Å²) in [6, 6.07) is 7.14. The van der Waals surface area contributed by atoms with Gasteiger partial charge in [0.1, 0.15) is 17.8 Å². The molecule has 0 radical (unpaired) electrons. The average Bonchev–Trinajstić information content (AvgIpc) is 3.20. The lowest BCUT2D eigenvalue weighted by Gasteiger charge is -2.32. The zero-order valence-electron chi connectivity index (χ0n) is 15.4. The number of nitrogens with one attached hydrogen (secondary N) is 3. The molecule has 0 bridgehead atoms. The van der Waals surface area contributed by atoms with E-state index < -0.39 is 0 Å². The van der Waals surface area contributed by atoms with Crippen LogP contribution in [0.2, 0.25) is 10.0 Å². The fourth-order valence-electron chi connectivity index (χ4n) is 3.43. The lowest BCUT2D eigenvalue weighted by atomic mass is 10.1. The number of fused-ring (bicyclic) bond motifs is 1. The van der Waals surface area contributed by atoms with E-state index in [-0.39, 0.29) is 6.04 Å². The number of nitriles is 1. The first-order chi connectivity index (χ1) is 14.2. The highest BCUT2D eigenvalue weighted by Crippen LogP contribution is 2.30. The summed E-state index contributed by atoms with van der Waals surface area (Å²) in [5, 5.41) is 16.6. The van der Waals surface area contributed by atoms with Gasteiger partial charge in [0.25, 0.3) is 0 Å². The molecule has 0 spiro atoms. The Balaban J connectivity index is 1.56. The Hall–Kier alpha value is -3.02. The Morgan fingerprint density at radius 2 is 2.10 bits per heavy atom. The molecule has 1 atom stereocenters.